The number of aliphatic hydroxyl groups is 1. The van der Waals surface area contributed by atoms with Crippen LogP contribution in [0.25, 0.3) is 0 Å². The lowest BCUT2D eigenvalue weighted by atomic mass is 9.99. The van der Waals surface area contributed by atoms with Gasteiger partial charge in [0.25, 0.3) is 0 Å². The quantitative estimate of drug-likeness (QED) is 0.573. The van der Waals surface area contributed by atoms with Gasteiger partial charge in [0, 0.05) is 31.3 Å². The van der Waals surface area contributed by atoms with Crippen molar-refractivity contribution >= 4 is 28.5 Å². The van der Waals surface area contributed by atoms with Crippen LogP contribution in [-0.4, -0.2) is 48.5 Å². The van der Waals surface area contributed by atoms with Crippen LogP contribution in [0.15, 0.2) is 35.0 Å². The first-order valence-corrected chi connectivity index (χ1v) is 9.55. The monoisotopic (exact) mass is 370 g/mol. The maximum Gasteiger partial charge on any atom is 0.142 e. The molecule has 0 heterocycles. The molecular weight excluding hydrogens is 340 g/mol. The molecule has 27 heavy (non-hydrogen) atoms. The van der Waals surface area contributed by atoms with Crippen molar-refractivity contribution in [3.63, 3.8) is 0 Å². The third-order valence-corrected chi connectivity index (χ3v) is 4.52. The molecule has 1 aliphatic carbocycles. The van der Waals surface area contributed by atoms with Gasteiger partial charge in [-0.05, 0) is 44.0 Å². The number of anilines is 1. The van der Waals surface area contributed by atoms with Crippen LogP contribution < -0.4 is 4.90 Å². The third kappa shape index (κ3) is 5.50. The van der Waals surface area contributed by atoms with Gasteiger partial charge in [-0.2, -0.15) is 0 Å². The van der Waals surface area contributed by atoms with Crippen LogP contribution >= 0.6 is 0 Å². The SMILES string of the molecule is CCCCOC1=CC(=Nc2ccc(N(CC)CCO)cc2C)C(=N)CC1=N. The van der Waals surface area contributed by atoms with Crippen LogP contribution in [0.3, 0.4) is 0 Å². The van der Waals surface area contributed by atoms with Gasteiger partial charge in [-0.15, -0.1) is 0 Å². The number of aryl methyl sites for hydroxylation is 1. The van der Waals surface area contributed by atoms with Gasteiger partial charge in [0.2, 0.25) is 0 Å². The Morgan fingerprint density at radius 2 is 2.00 bits per heavy atom. The Balaban J connectivity index is 2.27. The van der Waals surface area contributed by atoms with E-state index in [4.69, 9.17) is 15.6 Å². The number of allylic oxidation sites excluding steroid dienone is 2. The molecule has 0 aromatic heterocycles. The number of benzene rings is 1. The summed E-state index contributed by atoms with van der Waals surface area (Å²) in [4.78, 5) is 6.76. The minimum Gasteiger partial charge on any atom is -0.492 e. The van der Waals surface area contributed by atoms with Gasteiger partial charge in [-0.25, -0.2) is 4.99 Å². The van der Waals surface area contributed by atoms with Crippen LogP contribution in [0, 0.1) is 17.7 Å². The molecule has 0 fully saturated rings. The Kier molecular flexibility index (Phi) is 7.73. The van der Waals surface area contributed by atoms with Gasteiger partial charge in [-0.1, -0.05) is 13.3 Å². The minimum absolute atomic E-state index is 0.117. The number of nitrogens with one attached hydrogen (secondary N) is 2. The number of aliphatic imine (C=N–C) groups is 1. The Hall–Kier alpha value is -2.47. The van der Waals surface area contributed by atoms with E-state index < -0.39 is 0 Å². The highest BCUT2D eigenvalue weighted by Crippen LogP contribution is 2.26. The second kappa shape index (κ2) is 10.0. The van der Waals surface area contributed by atoms with E-state index in [9.17, 15) is 5.11 Å². The molecule has 0 bridgehead atoms. The Bertz CT molecular complexity index is 753. The van der Waals surface area contributed by atoms with E-state index in [0.717, 1.165) is 36.3 Å². The molecule has 3 N–H and O–H groups in total. The summed E-state index contributed by atoms with van der Waals surface area (Å²) in [7, 11) is 0. The smallest absolute Gasteiger partial charge is 0.142 e. The molecule has 6 nitrogen and oxygen atoms in total. The zero-order chi connectivity index (χ0) is 19.8. The fourth-order valence-electron chi connectivity index (χ4n) is 2.89. The van der Waals surface area contributed by atoms with E-state index in [2.05, 4.69) is 29.8 Å². The van der Waals surface area contributed by atoms with Crippen LogP contribution in [0.1, 0.15) is 38.7 Å². The molecule has 1 aromatic carbocycles. The summed E-state index contributed by atoms with van der Waals surface area (Å²) in [6, 6.07) is 5.98. The molecule has 0 atom stereocenters. The number of unbranched alkanes of at least 4 members (excludes halogenated alkanes) is 1. The first-order valence-electron chi connectivity index (χ1n) is 9.55. The summed E-state index contributed by atoms with van der Waals surface area (Å²) in [5, 5.41) is 25.4. The second-order valence-electron chi connectivity index (χ2n) is 6.62. The molecule has 0 amide bonds. The van der Waals surface area contributed by atoms with Crippen molar-refractivity contribution in [2.24, 2.45) is 4.99 Å². The maximum absolute atomic E-state index is 9.20. The first-order chi connectivity index (χ1) is 13.0. The second-order valence-corrected chi connectivity index (χ2v) is 6.62. The predicted octanol–water partition coefficient (Wildman–Crippen LogP) is 4.03. The standard InChI is InChI=1S/C21H30N4O2/c1-4-6-11-27-21-14-20(17(22)13-18(21)23)24-19-8-7-16(12-15(19)3)25(5-2)9-10-26/h7-8,12,14,22-23,26H,4-6,9-11,13H2,1-3H3. The summed E-state index contributed by atoms with van der Waals surface area (Å²) < 4.78 is 5.70. The average molecular weight is 370 g/mol. The maximum atomic E-state index is 9.20. The van der Waals surface area contributed by atoms with Gasteiger partial charge < -0.3 is 25.6 Å². The highest BCUT2D eigenvalue weighted by molar-refractivity contribution is 6.51. The number of likely N-dealkylation sites (N-methyl/N-ethyl adjacent to an activating group) is 1. The molecule has 0 unspecified atom stereocenters. The molecule has 6 heteroatoms. The topological polar surface area (TPSA) is 92.8 Å². The molecular formula is C21H30N4O2. The van der Waals surface area contributed by atoms with E-state index in [1.807, 2.05) is 19.1 Å². The number of rotatable bonds is 9. The lowest BCUT2D eigenvalue weighted by Crippen LogP contribution is -2.26. The summed E-state index contributed by atoms with van der Waals surface area (Å²) >= 11 is 0. The van der Waals surface area contributed by atoms with Crippen LogP contribution in [-0.2, 0) is 4.74 Å². The molecule has 0 saturated carbocycles. The first kappa shape index (κ1) is 20.8. The number of ether oxygens (including phenoxy) is 1. The van der Waals surface area contributed by atoms with E-state index in [1.54, 1.807) is 6.08 Å². The molecule has 1 aliphatic rings. The van der Waals surface area contributed by atoms with Crippen molar-refractivity contribution in [1.29, 1.82) is 10.8 Å². The molecule has 0 saturated heterocycles. The molecule has 146 valence electrons. The Labute approximate surface area is 161 Å². The van der Waals surface area contributed by atoms with E-state index in [0.29, 0.717) is 36.0 Å². The highest BCUT2D eigenvalue weighted by Gasteiger charge is 2.20. The average Bonchev–Trinajstić information content (AvgIpc) is 2.64. The van der Waals surface area contributed by atoms with E-state index in [-0.39, 0.29) is 13.0 Å². The summed E-state index contributed by atoms with van der Waals surface area (Å²) in [6.07, 6.45) is 3.93. The zero-order valence-corrected chi connectivity index (χ0v) is 16.5. The van der Waals surface area contributed by atoms with Crippen molar-refractivity contribution in [2.45, 2.75) is 40.0 Å². The van der Waals surface area contributed by atoms with Gasteiger partial charge in [-0.3, -0.25) is 0 Å². The van der Waals surface area contributed by atoms with Crippen molar-refractivity contribution in [3.8, 4) is 0 Å². The fraction of sp³-hybridized carbons (Fsp3) is 0.476. The summed E-state index contributed by atoms with van der Waals surface area (Å²) in [6.45, 7) is 8.26. The fourth-order valence-corrected chi connectivity index (χ4v) is 2.89. The lowest BCUT2D eigenvalue weighted by Gasteiger charge is -2.23. The van der Waals surface area contributed by atoms with E-state index >= 15 is 0 Å². The number of nitrogens with zero attached hydrogens (tertiary/aromatic N) is 2. The lowest BCUT2D eigenvalue weighted by molar-refractivity contribution is 0.225. The highest BCUT2D eigenvalue weighted by atomic mass is 16.5. The van der Waals surface area contributed by atoms with Crippen LogP contribution in [0.5, 0.6) is 0 Å². The van der Waals surface area contributed by atoms with Crippen molar-refractivity contribution in [1.82, 2.24) is 0 Å². The Morgan fingerprint density at radius 3 is 2.63 bits per heavy atom. The predicted molar refractivity (Wildman–Crippen MR) is 112 cm³/mol. The van der Waals surface area contributed by atoms with Crippen molar-refractivity contribution in [2.75, 3.05) is 31.2 Å². The van der Waals surface area contributed by atoms with Crippen molar-refractivity contribution in [3.05, 3.63) is 35.6 Å². The van der Waals surface area contributed by atoms with Gasteiger partial charge >= 0.3 is 0 Å². The molecule has 1 aromatic rings. The van der Waals surface area contributed by atoms with Gasteiger partial charge in [0.15, 0.2) is 0 Å². The van der Waals surface area contributed by atoms with Crippen LogP contribution in [0.2, 0.25) is 0 Å². The van der Waals surface area contributed by atoms with Gasteiger partial charge in [0.1, 0.15) is 5.76 Å². The Morgan fingerprint density at radius 1 is 1.22 bits per heavy atom. The minimum atomic E-state index is 0.117. The normalized spacial score (nSPS) is 15.9. The molecule has 2 rings (SSSR count). The van der Waals surface area contributed by atoms with Gasteiger partial charge in [0.05, 0.1) is 36.0 Å². The largest absolute Gasteiger partial charge is 0.492 e. The summed E-state index contributed by atoms with van der Waals surface area (Å²) in [5.41, 5.74) is 4.08. The molecule has 0 spiro atoms. The molecule has 0 radical (unpaired) electrons. The van der Waals surface area contributed by atoms with Crippen molar-refractivity contribution < 1.29 is 9.84 Å². The van der Waals surface area contributed by atoms with Crippen LogP contribution in [0.4, 0.5) is 11.4 Å². The zero-order valence-electron chi connectivity index (χ0n) is 16.5. The summed E-state index contributed by atoms with van der Waals surface area (Å²) in [5.74, 6) is 0.521. The number of hydrogen-bond acceptors (Lipinski definition) is 6. The number of hydrogen-bond donors (Lipinski definition) is 3. The molecule has 0 aliphatic heterocycles. The van der Waals surface area contributed by atoms with E-state index in [1.165, 1.54) is 0 Å². The number of aliphatic hydroxyl groups excluding tert-OH is 1. The third-order valence-electron chi connectivity index (χ3n) is 4.52.